The molecule has 1 heterocycles. The van der Waals surface area contributed by atoms with Crippen LogP contribution in [0.25, 0.3) is 10.9 Å². The highest BCUT2D eigenvalue weighted by Gasteiger charge is 2.05. The largest absolute Gasteiger partial charge is 0.505 e. The van der Waals surface area contributed by atoms with Crippen LogP contribution >= 0.6 is 24.0 Å². The maximum atomic E-state index is 13.3. The van der Waals surface area contributed by atoms with Gasteiger partial charge in [0.2, 0.25) is 0 Å². The molecule has 3 aromatic rings. The quantitative estimate of drug-likeness (QED) is 0.263. The van der Waals surface area contributed by atoms with Crippen molar-refractivity contribution in [1.29, 1.82) is 0 Å². The van der Waals surface area contributed by atoms with E-state index in [1.807, 2.05) is 18.3 Å². The number of aromatic hydroxyl groups is 1. The summed E-state index contributed by atoms with van der Waals surface area (Å²) in [6.07, 6.45) is 2.89. The Balaban J connectivity index is 0.00000243. The van der Waals surface area contributed by atoms with E-state index in [0.717, 1.165) is 24.0 Å². The number of para-hydroxylation sites is 1. The first-order chi connectivity index (χ1) is 12.2. The van der Waals surface area contributed by atoms with E-state index in [4.69, 9.17) is 0 Å². The molecule has 0 amide bonds. The van der Waals surface area contributed by atoms with Crippen molar-refractivity contribution >= 4 is 40.8 Å². The number of hydrogen-bond donors (Lipinski definition) is 4. The van der Waals surface area contributed by atoms with E-state index >= 15 is 0 Å². The van der Waals surface area contributed by atoms with Crippen LogP contribution in [0.4, 0.5) is 4.39 Å². The third kappa shape index (κ3) is 4.87. The fraction of sp³-hybridized carbons (Fsp3) is 0.211. The van der Waals surface area contributed by atoms with Gasteiger partial charge in [-0.15, -0.1) is 24.0 Å². The first kappa shape index (κ1) is 20.0. The van der Waals surface area contributed by atoms with Crippen LogP contribution in [0, 0.1) is 5.82 Å². The van der Waals surface area contributed by atoms with Crippen LogP contribution in [0.5, 0.6) is 5.75 Å². The van der Waals surface area contributed by atoms with Crippen LogP contribution in [0.2, 0.25) is 0 Å². The molecule has 0 radical (unpaired) electrons. The lowest BCUT2D eigenvalue weighted by atomic mass is 10.1. The maximum absolute atomic E-state index is 13.3. The van der Waals surface area contributed by atoms with Crippen molar-refractivity contribution in [3.05, 3.63) is 65.6 Å². The van der Waals surface area contributed by atoms with E-state index in [2.05, 4.69) is 32.7 Å². The predicted octanol–water partition coefficient (Wildman–Crippen LogP) is 3.54. The second kappa shape index (κ2) is 9.42. The summed E-state index contributed by atoms with van der Waals surface area (Å²) in [7, 11) is 1.69. The van der Waals surface area contributed by atoms with Crippen molar-refractivity contribution in [3.8, 4) is 5.75 Å². The molecule has 0 aliphatic carbocycles. The van der Waals surface area contributed by atoms with Crippen LogP contribution < -0.4 is 10.6 Å². The van der Waals surface area contributed by atoms with E-state index in [0.29, 0.717) is 12.5 Å². The fourth-order valence-electron chi connectivity index (χ4n) is 2.72. The van der Waals surface area contributed by atoms with Gasteiger partial charge in [-0.05, 0) is 35.7 Å². The number of aromatic nitrogens is 1. The SMILES string of the molecule is CN=C(NCCc1c[nH]c2ccccc12)NCc1ccc(O)c(F)c1.I. The number of fused-ring (bicyclic) bond motifs is 1. The highest BCUT2D eigenvalue weighted by Crippen LogP contribution is 2.18. The van der Waals surface area contributed by atoms with Crippen LogP contribution in [0.15, 0.2) is 53.7 Å². The second-order valence-electron chi connectivity index (χ2n) is 5.75. The first-order valence-corrected chi connectivity index (χ1v) is 8.14. The van der Waals surface area contributed by atoms with Crippen LogP contribution in [0.3, 0.4) is 0 Å². The Morgan fingerprint density at radius 1 is 1.19 bits per heavy atom. The normalized spacial score (nSPS) is 11.2. The molecule has 1 aromatic heterocycles. The molecular formula is C19H22FIN4O. The molecule has 4 N–H and O–H groups in total. The van der Waals surface area contributed by atoms with E-state index in [1.54, 1.807) is 13.1 Å². The van der Waals surface area contributed by atoms with Gasteiger partial charge in [0, 0.05) is 37.2 Å². The van der Waals surface area contributed by atoms with Crippen molar-refractivity contribution in [2.24, 2.45) is 4.99 Å². The molecule has 138 valence electrons. The molecule has 0 saturated carbocycles. The minimum Gasteiger partial charge on any atom is -0.505 e. The molecule has 7 heteroatoms. The number of aliphatic imine (C=N–C) groups is 1. The van der Waals surface area contributed by atoms with Crippen LogP contribution in [0.1, 0.15) is 11.1 Å². The summed E-state index contributed by atoms with van der Waals surface area (Å²) in [6.45, 7) is 1.15. The Kier molecular flexibility index (Phi) is 7.26. The highest BCUT2D eigenvalue weighted by atomic mass is 127. The zero-order valence-corrected chi connectivity index (χ0v) is 16.8. The number of nitrogens with one attached hydrogen (secondary N) is 3. The van der Waals surface area contributed by atoms with Gasteiger partial charge in [-0.3, -0.25) is 4.99 Å². The lowest BCUT2D eigenvalue weighted by Crippen LogP contribution is -2.37. The third-order valence-electron chi connectivity index (χ3n) is 4.06. The number of phenols is 1. The minimum atomic E-state index is -0.624. The summed E-state index contributed by atoms with van der Waals surface area (Å²) in [4.78, 5) is 7.43. The Morgan fingerprint density at radius 3 is 2.77 bits per heavy atom. The molecule has 0 bridgehead atoms. The van der Waals surface area contributed by atoms with Gasteiger partial charge in [0.25, 0.3) is 0 Å². The van der Waals surface area contributed by atoms with Gasteiger partial charge >= 0.3 is 0 Å². The molecule has 3 rings (SSSR count). The molecule has 5 nitrogen and oxygen atoms in total. The Morgan fingerprint density at radius 2 is 2.00 bits per heavy atom. The predicted molar refractivity (Wildman–Crippen MR) is 114 cm³/mol. The summed E-state index contributed by atoms with van der Waals surface area (Å²) >= 11 is 0. The average Bonchev–Trinajstić information content (AvgIpc) is 3.04. The van der Waals surface area contributed by atoms with Crippen molar-refractivity contribution in [1.82, 2.24) is 15.6 Å². The van der Waals surface area contributed by atoms with Gasteiger partial charge in [0.05, 0.1) is 0 Å². The van der Waals surface area contributed by atoms with Crippen LogP contribution in [-0.4, -0.2) is 29.6 Å². The van der Waals surface area contributed by atoms with Crippen molar-refractivity contribution in [3.63, 3.8) is 0 Å². The molecule has 26 heavy (non-hydrogen) atoms. The standard InChI is InChI=1S/C19H21FN4O.HI/c1-21-19(24-11-13-6-7-18(25)16(20)10-13)22-9-8-14-12-23-17-5-3-2-4-15(14)17;/h2-7,10,12,23,25H,8-9,11H2,1H3,(H2,21,22,24);1H. The lowest BCUT2D eigenvalue weighted by Gasteiger charge is -2.12. The number of benzene rings is 2. The van der Waals surface area contributed by atoms with Gasteiger partial charge in [-0.2, -0.15) is 0 Å². The molecule has 0 fully saturated rings. The van der Waals surface area contributed by atoms with E-state index in [1.165, 1.54) is 23.1 Å². The van der Waals surface area contributed by atoms with Crippen molar-refractivity contribution in [2.45, 2.75) is 13.0 Å². The summed E-state index contributed by atoms with van der Waals surface area (Å²) in [6, 6.07) is 12.5. The molecule has 0 unspecified atom stereocenters. The monoisotopic (exact) mass is 468 g/mol. The number of phenolic OH excluding ortho intramolecular Hbond substituents is 1. The Labute approximate surface area is 168 Å². The zero-order chi connectivity index (χ0) is 17.6. The van der Waals surface area contributed by atoms with Gasteiger partial charge in [0.15, 0.2) is 17.5 Å². The number of nitrogens with zero attached hydrogens (tertiary/aromatic N) is 1. The second-order valence-corrected chi connectivity index (χ2v) is 5.75. The number of halogens is 2. The van der Waals surface area contributed by atoms with Gasteiger partial charge in [-0.1, -0.05) is 24.3 Å². The lowest BCUT2D eigenvalue weighted by molar-refractivity contribution is 0.431. The Bertz CT molecular complexity index is 894. The minimum absolute atomic E-state index is 0. The van der Waals surface area contributed by atoms with Gasteiger partial charge < -0.3 is 20.7 Å². The average molecular weight is 468 g/mol. The first-order valence-electron chi connectivity index (χ1n) is 8.14. The molecule has 0 atom stereocenters. The zero-order valence-electron chi connectivity index (χ0n) is 14.4. The van der Waals surface area contributed by atoms with Gasteiger partial charge in [0.1, 0.15) is 0 Å². The number of hydrogen-bond acceptors (Lipinski definition) is 2. The van der Waals surface area contributed by atoms with Crippen molar-refractivity contribution < 1.29 is 9.50 Å². The van der Waals surface area contributed by atoms with E-state index in [9.17, 15) is 9.50 Å². The van der Waals surface area contributed by atoms with Crippen molar-refractivity contribution in [2.75, 3.05) is 13.6 Å². The number of aromatic amines is 1. The Hall–Kier alpha value is -2.29. The molecule has 0 aliphatic heterocycles. The molecule has 0 saturated heterocycles. The van der Waals surface area contributed by atoms with E-state index < -0.39 is 5.82 Å². The molecular weight excluding hydrogens is 446 g/mol. The smallest absolute Gasteiger partial charge is 0.191 e. The molecule has 2 aromatic carbocycles. The third-order valence-corrected chi connectivity index (χ3v) is 4.06. The summed E-state index contributed by atoms with van der Waals surface area (Å²) in [5.74, 6) is -0.320. The number of guanidine groups is 1. The fourth-order valence-corrected chi connectivity index (χ4v) is 2.72. The summed E-state index contributed by atoms with van der Waals surface area (Å²) in [5, 5.41) is 16.8. The van der Waals surface area contributed by atoms with E-state index in [-0.39, 0.29) is 29.7 Å². The molecule has 0 aliphatic rings. The van der Waals surface area contributed by atoms with Gasteiger partial charge in [-0.25, -0.2) is 4.39 Å². The molecule has 0 spiro atoms. The topological polar surface area (TPSA) is 72.4 Å². The number of H-pyrrole nitrogens is 1. The number of rotatable bonds is 5. The highest BCUT2D eigenvalue weighted by molar-refractivity contribution is 14.0. The summed E-state index contributed by atoms with van der Waals surface area (Å²) < 4.78 is 13.3. The summed E-state index contributed by atoms with van der Waals surface area (Å²) in [5.41, 5.74) is 3.11. The maximum Gasteiger partial charge on any atom is 0.191 e. The van der Waals surface area contributed by atoms with Crippen LogP contribution in [-0.2, 0) is 13.0 Å².